The van der Waals surface area contributed by atoms with E-state index in [2.05, 4.69) is 5.32 Å². The van der Waals surface area contributed by atoms with Crippen molar-refractivity contribution in [1.29, 1.82) is 0 Å². The van der Waals surface area contributed by atoms with Crippen molar-refractivity contribution < 1.29 is 19.4 Å². The van der Waals surface area contributed by atoms with E-state index in [9.17, 15) is 9.59 Å². The van der Waals surface area contributed by atoms with E-state index < -0.39 is 12.6 Å². The molecule has 0 unspecified atom stereocenters. The minimum absolute atomic E-state index is 0.213. The Morgan fingerprint density at radius 3 is 2.48 bits per heavy atom. The summed E-state index contributed by atoms with van der Waals surface area (Å²) in [4.78, 5) is 23.3. The van der Waals surface area contributed by atoms with Gasteiger partial charge in [0.25, 0.3) is 5.91 Å². The van der Waals surface area contributed by atoms with Gasteiger partial charge in [-0.05, 0) is 55.2 Å². The number of aliphatic carboxylic acids is 1. The molecule has 130 valence electrons. The maximum absolute atomic E-state index is 12.7. The first-order chi connectivity index (χ1) is 12.0. The van der Waals surface area contributed by atoms with E-state index in [0.717, 1.165) is 24.8 Å². The Kier molecular flexibility index (Phi) is 4.95. The second-order valence-electron chi connectivity index (χ2n) is 6.11. The fourth-order valence-corrected chi connectivity index (χ4v) is 3.07. The fourth-order valence-electron chi connectivity index (χ4n) is 2.95. The molecule has 1 amide bonds. The van der Waals surface area contributed by atoms with Gasteiger partial charge >= 0.3 is 5.97 Å². The molecule has 2 aromatic rings. The highest BCUT2D eigenvalue weighted by Gasteiger charge is 2.40. The molecule has 2 N–H and O–H groups in total. The molecule has 1 saturated carbocycles. The summed E-state index contributed by atoms with van der Waals surface area (Å²) >= 11 is 5.95. The van der Waals surface area contributed by atoms with Crippen molar-refractivity contribution in [2.24, 2.45) is 0 Å². The highest BCUT2D eigenvalue weighted by atomic mass is 35.5. The van der Waals surface area contributed by atoms with Crippen molar-refractivity contribution in [3.8, 4) is 5.75 Å². The van der Waals surface area contributed by atoms with Crippen LogP contribution in [0.25, 0.3) is 0 Å². The number of hydrogen-bond donors (Lipinski definition) is 2. The predicted molar refractivity (Wildman–Crippen MR) is 94.0 cm³/mol. The van der Waals surface area contributed by atoms with E-state index in [0.29, 0.717) is 16.3 Å². The van der Waals surface area contributed by atoms with Crippen molar-refractivity contribution in [2.45, 2.75) is 24.8 Å². The topological polar surface area (TPSA) is 75.6 Å². The van der Waals surface area contributed by atoms with Gasteiger partial charge in [0.05, 0.1) is 5.54 Å². The third kappa shape index (κ3) is 3.94. The van der Waals surface area contributed by atoms with Crippen LogP contribution in [0, 0.1) is 0 Å². The van der Waals surface area contributed by atoms with Gasteiger partial charge in [0, 0.05) is 10.6 Å². The molecule has 0 aromatic heterocycles. The molecule has 0 aliphatic heterocycles. The first-order valence-electron chi connectivity index (χ1n) is 8.02. The Labute approximate surface area is 150 Å². The molecule has 25 heavy (non-hydrogen) atoms. The molecule has 0 radical (unpaired) electrons. The van der Waals surface area contributed by atoms with Crippen LogP contribution in [0.4, 0.5) is 0 Å². The Morgan fingerprint density at radius 2 is 1.88 bits per heavy atom. The van der Waals surface area contributed by atoms with Crippen LogP contribution >= 0.6 is 11.6 Å². The summed E-state index contributed by atoms with van der Waals surface area (Å²) in [5, 5.41) is 12.5. The molecule has 2 aromatic carbocycles. The number of rotatable bonds is 6. The third-order valence-corrected chi connectivity index (χ3v) is 4.67. The van der Waals surface area contributed by atoms with Crippen molar-refractivity contribution in [1.82, 2.24) is 5.32 Å². The van der Waals surface area contributed by atoms with E-state index in [-0.39, 0.29) is 11.4 Å². The molecule has 0 saturated heterocycles. The second kappa shape index (κ2) is 7.15. The average Bonchev–Trinajstić information content (AvgIpc) is 2.57. The zero-order valence-electron chi connectivity index (χ0n) is 13.5. The third-order valence-electron chi connectivity index (χ3n) is 4.42. The zero-order chi connectivity index (χ0) is 17.9. The Hall–Kier alpha value is -2.53. The quantitative estimate of drug-likeness (QED) is 0.826. The van der Waals surface area contributed by atoms with Gasteiger partial charge in [-0.2, -0.15) is 0 Å². The molecule has 0 heterocycles. The van der Waals surface area contributed by atoms with Crippen LogP contribution in [0.15, 0.2) is 48.5 Å². The summed E-state index contributed by atoms with van der Waals surface area (Å²) in [6, 6.07) is 14.0. The van der Waals surface area contributed by atoms with Crippen molar-refractivity contribution in [2.75, 3.05) is 6.61 Å². The summed E-state index contributed by atoms with van der Waals surface area (Å²) in [7, 11) is 0. The number of nitrogens with one attached hydrogen (secondary N) is 1. The maximum Gasteiger partial charge on any atom is 0.341 e. The predicted octanol–water partition coefficient (Wildman–Crippen LogP) is 3.61. The monoisotopic (exact) mass is 359 g/mol. The van der Waals surface area contributed by atoms with Gasteiger partial charge in [-0.1, -0.05) is 29.8 Å². The van der Waals surface area contributed by atoms with Crippen molar-refractivity contribution in [3.63, 3.8) is 0 Å². The first kappa shape index (κ1) is 17.3. The first-order valence-corrected chi connectivity index (χ1v) is 8.39. The Balaban J connectivity index is 1.75. The summed E-state index contributed by atoms with van der Waals surface area (Å²) in [6.45, 7) is -0.445. The Morgan fingerprint density at radius 1 is 1.16 bits per heavy atom. The van der Waals surface area contributed by atoms with E-state index >= 15 is 0 Å². The molecule has 1 aliphatic carbocycles. The number of benzene rings is 2. The van der Waals surface area contributed by atoms with Gasteiger partial charge in [-0.25, -0.2) is 4.79 Å². The minimum atomic E-state index is -1.06. The largest absolute Gasteiger partial charge is 0.482 e. The SMILES string of the molecule is O=C(O)COc1cccc(C(=O)NC2(c3ccc(Cl)cc3)CCC2)c1. The lowest BCUT2D eigenvalue weighted by Crippen LogP contribution is -2.50. The molecule has 0 bridgehead atoms. The average molecular weight is 360 g/mol. The van der Waals surface area contributed by atoms with Crippen molar-refractivity contribution >= 4 is 23.5 Å². The molecule has 3 rings (SSSR count). The van der Waals surface area contributed by atoms with Crippen LogP contribution in [0.2, 0.25) is 5.02 Å². The lowest BCUT2D eigenvalue weighted by Gasteiger charge is -2.43. The molecule has 1 fully saturated rings. The fraction of sp³-hybridized carbons (Fsp3) is 0.263. The summed E-state index contributed by atoms with van der Waals surface area (Å²) in [6.07, 6.45) is 2.79. The second-order valence-corrected chi connectivity index (χ2v) is 6.54. The van der Waals surface area contributed by atoms with Gasteiger partial charge in [0.15, 0.2) is 6.61 Å². The number of ether oxygens (including phenoxy) is 1. The molecule has 5 nitrogen and oxygen atoms in total. The summed E-state index contributed by atoms with van der Waals surface area (Å²) in [5.41, 5.74) is 1.09. The van der Waals surface area contributed by atoms with Crippen molar-refractivity contribution in [3.05, 3.63) is 64.7 Å². The van der Waals surface area contributed by atoms with E-state index in [1.165, 1.54) is 0 Å². The molecule has 0 atom stereocenters. The highest BCUT2D eigenvalue weighted by molar-refractivity contribution is 6.30. The number of amides is 1. The number of hydrogen-bond acceptors (Lipinski definition) is 3. The van der Waals surface area contributed by atoms with Crippen LogP contribution in [0.3, 0.4) is 0 Å². The standard InChI is InChI=1S/C19H18ClNO4/c20-15-7-5-14(6-8-15)19(9-2-10-19)21-18(24)13-3-1-4-16(11-13)25-12-17(22)23/h1,3-8,11H,2,9-10,12H2,(H,21,24)(H,22,23). The molecular weight excluding hydrogens is 342 g/mol. The highest BCUT2D eigenvalue weighted by Crippen LogP contribution is 2.41. The zero-order valence-corrected chi connectivity index (χ0v) is 14.3. The number of carboxylic acids is 1. The van der Waals surface area contributed by atoms with Crippen LogP contribution < -0.4 is 10.1 Å². The summed E-state index contributed by atoms with van der Waals surface area (Å²) in [5.74, 6) is -0.925. The number of halogens is 1. The molecule has 6 heteroatoms. The van der Waals surface area contributed by atoms with Crippen LogP contribution in [0.5, 0.6) is 5.75 Å². The smallest absolute Gasteiger partial charge is 0.341 e. The summed E-state index contributed by atoms with van der Waals surface area (Å²) < 4.78 is 5.13. The lowest BCUT2D eigenvalue weighted by atomic mass is 9.71. The van der Waals surface area contributed by atoms with E-state index in [1.807, 2.05) is 24.3 Å². The number of carbonyl (C=O) groups is 2. The maximum atomic E-state index is 12.7. The number of carbonyl (C=O) groups excluding carboxylic acids is 1. The van der Waals surface area contributed by atoms with Gasteiger partial charge in [-0.3, -0.25) is 4.79 Å². The van der Waals surface area contributed by atoms with Crippen LogP contribution in [-0.4, -0.2) is 23.6 Å². The van der Waals surface area contributed by atoms with Crippen LogP contribution in [0.1, 0.15) is 35.2 Å². The van der Waals surface area contributed by atoms with Gasteiger partial charge in [0.2, 0.25) is 0 Å². The van der Waals surface area contributed by atoms with Gasteiger partial charge in [-0.15, -0.1) is 0 Å². The lowest BCUT2D eigenvalue weighted by molar-refractivity contribution is -0.139. The molecular formula is C19H18ClNO4. The van der Waals surface area contributed by atoms with Gasteiger partial charge < -0.3 is 15.2 Å². The normalized spacial score (nSPS) is 15.1. The van der Waals surface area contributed by atoms with Crippen LogP contribution in [-0.2, 0) is 10.3 Å². The van der Waals surface area contributed by atoms with Gasteiger partial charge in [0.1, 0.15) is 5.75 Å². The molecule has 1 aliphatic rings. The minimum Gasteiger partial charge on any atom is -0.482 e. The number of carboxylic acid groups (broad SMARTS) is 1. The molecule has 0 spiro atoms. The Bertz CT molecular complexity index is 784. The van der Waals surface area contributed by atoms with E-state index in [1.54, 1.807) is 24.3 Å². The van der Waals surface area contributed by atoms with E-state index in [4.69, 9.17) is 21.4 Å².